The molecule has 110 valence electrons. The Morgan fingerprint density at radius 2 is 1.89 bits per heavy atom. The van der Waals surface area contributed by atoms with E-state index in [4.69, 9.17) is 9.47 Å². The number of ether oxygens (including phenoxy) is 2. The Bertz CT molecular complexity index is 282. The van der Waals surface area contributed by atoms with E-state index in [1.54, 1.807) is 0 Å². The summed E-state index contributed by atoms with van der Waals surface area (Å²) < 4.78 is 11.3. The van der Waals surface area contributed by atoms with Gasteiger partial charge < -0.3 is 14.3 Å². The van der Waals surface area contributed by atoms with E-state index in [-0.39, 0.29) is 18.5 Å². The van der Waals surface area contributed by atoms with Gasteiger partial charge in [0.25, 0.3) is 0 Å². The summed E-state index contributed by atoms with van der Waals surface area (Å²) in [6.45, 7) is 6.20. The zero-order valence-electron chi connectivity index (χ0n) is 12.6. The lowest BCUT2D eigenvalue weighted by atomic mass is 10.0. The molecule has 0 spiro atoms. The minimum absolute atomic E-state index is 0.0527. The minimum atomic E-state index is -0.172. The van der Waals surface area contributed by atoms with Crippen LogP contribution in [0.15, 0.2) is 11.6 Å². The molecule has 1 aliphatic heterocycles. The topological polar surface area (TPSA) is 35.5 Å². The largest absolute Gasteiger partial charge is 0.350 e. The molecule has 1 heterocycles. The molecule has 0 amide bonds. The number of carbonyl (C=O) groups excluding carboxylic acids is 1. The van der Waals surface area contributed by atoms with Crippen molar-refractivity contribution in [2.75, 3.05) is 0 Å². The molecule has 1 aliphatic rings. The SMILES string of the molecule is CC(C)=CCCCCC[C@H]1C[C@@H](CC=O)O[C@@H](C)O1. The first-order chi connectivity index (χ1) is 9.11. The van der Waals surface area contributed by atoms with Crippen LogP contribution in [-0.4, -0.2) is 24.8 Å². The van der Waals surface area contributed by atoms with E-state index in [0.717, 1.165) is 19.1 Å². The lowest BCUT2D eigenvalue weighted by molar-refractivity contribution is -0.234. The highest BCUT2D eigenvalue weighted by Crippen LogP contribution is 2.23. The van der Waals surface area contributed by atoms with Crippen LogP contribution < -0.4 is 0 Å². The number of carbonyl (C=O) groups is 1. The molecule has 0 aliphatic carbocycles. The van der Waals surface area contributed by atoms with Gasteiger partial charge in [0.15, 0.2) is 6.29 Å². The molecule has 0 radical (unpaired) electrons. The molecule has 1 rings (SSSR count). The Balaban J connectivity index is 2.14. The Kier molecular flexibility index (Phi) is 7.99. The molecule has 0 saturated carbocycles. The first-order valence-electron chi connectivity index (χ1n) is 7.49. The van der Waals surface area contributed by atoms with Crippen LogP contribution in [0.3, 0.4) is 0 Å². The summed E-state index contributed by atoms with van der Waals surface area (Å²) in [6, 6.07) is 0. The van der Waals surface area contributed by atoms with Crippen LogP contribution in [0.1, 0.15) is 65.7 Å². The van der Waals surface area contributed by atoms with Gasteiger partial charge >= 0.3 is 0 Å². The van der Waals surface area contributed by atoms with Crippen molar-refractivity contribution in [1.82, 2.24) is 0 Å². The molecule has 3 heteroatoms. The molecule has 0 unspecified atom stereocenters. The van der Waals surface area contributed by atoms with Crippen molar-refractivity contribution in [1.29, 1.82) is 0 Å². The van der Waals surface area contributed by atoms with E-state index < -0.39 is 0 Å². The average Bonchev–Trinajstić information content (AvgIpc) is 2.33. The summed E-state index contributed by atoms with van der Waals surface area (Å²) >= 11 is 0. The average molecular weight is 268 g/mol. The third-order valence-electron chi connectivity index (χ3n) is 3.44. The molecule has 3 atom stereocenters. The van der Waals surface area contributed by atoms with Gasteiger partial charge in [0.1, 0.15) is 6.29 Å². The second-order valence-corrected chi connectivity index (χ2v) is 5.64. The molecule has 0 aromatic rings. The number of hydrogen-bond donors (Lipinski definition) is 0. The third kappa shape index (κ3) is 7.48. The van der Waals surface area contributed by atoms with Crippen molar-refractivity contribution in [3.8, 4) is 0 Å². The molecule has 3 nitrogen and oxygen atoms in total. The van der Waals surface area contributed by atoms with Gasteiger partial charge in [-0.3, -0.25) is 0 Å². The Labute approximate surface area is 117 Å². The van der Waals surface area contributed by atoms with Gasteiger partial charge in [0, 0.05) is 12.8 Å². The van der Waals surface area contributed by atoms with Crippen LogP contribution in [0.5, 0.6) is 0 Å². The highest BCUT2D eigenvalue weighted by atomic mass is 16.7. The summed E-state index contributed by atoms with van der Waals surface area (Å²) in [4.78, 5) is 10.5. The molecular formula is C16H28O3. The molecule has 0 aromatic carbocycles. The fraction of sp³-hybridized carbons (Fsp3) is 0.812. The number of allylic oxidation sites excluding steroid dienone is 2. The normalized spacial score (nSPS) is 27.0. The quantitative estimate of drug-likeness (QED) is 0.379. The second kappa shape index (κ2) is 9.27. The number of hydrogen-bond acceptors (Lipinski definition) is 3. The number of rotatable bonds is 8. The monoisotopic (exact) mass is 268 g/mol. The zero-order valence-corrected chi connectivity index (χ0v) is 12.6. The van der Waals surface area contributed by atoms with Crippen LogP contribution in [0.25, 0.3) is 0 Å². The highest BCUT2D eigenvalue weighted by molar-refractivity contribution is 5.50. The van der Waals surface area contributed by atoms with Gasteiger partial charge in [-0.15, -0.1) is 0 Å². The van der Waals surface area contributed by atoms with Gasteiger partial charge in [0.2, 0.25) is 0 Å². The first-order valence-corrected chi connectivity index (χ1v) is 7.49. The predicted octanol–water partition coefficient (Wildman–Crippen LogP) is 4.01. The van der Waals surface area contributed by atoms with E-state index in [1.165, 1.54) is 31.3 Å². The van der Waals surface area contributed by atoms with E-state index >= 15 is 0 Å². The summed E-state index contributed by atoms with van der Waals surface area (Å²) in [5, 5.41) is 0. The van der Waals surface area contributed by atoms with Crippen molar-refractivity contribution in [3.63, 3.8) is 0 Å². The first kappa shape index (κ1) is 16.4. The molecule has 1 fully saturated rings. The van der Waals surface area contributed by atoms with E-state index in [2.05, 4.69) is 19.9 Å². The second-order valence-electron chi connectivity index (χ2n) is 5.64. The maximum absolute atomic E-state index is 10.5. The maximum Gasteiger partial charge on any atom is 0.155 e. The molecule has 19 heavy (non-hydrogen) atoms. The highest BCUT2D eigenvalue weighted by Gasteiger charge is 2.26. The smallest absolute Gasteiger partial charge is 0.155 e. The fourth-order valence-corrected chi connectivity index (χ4v) is 2.51. The van der Waals surface area contributed by atoms with Crippen LogP contribution >= 0.6 is 0 Å². The van der Waals surface area contributed by atoms with Gasteiger partial charge in [-0.25, -0.2) is 0 Å². The molecule has 0 N–H and O–H groups in total. The summed E-state index contributed by atoms with van der Waals surface area (Å²) in [6.07, 6.45) is 10.7. The van der Waals surface area contributed by atoms with Crippen molar-refractivity contribution in [2.24, 2.45) is 0 Å². The minimum Gasteiger partial charge on any atom is -0.350 e. The molecular weight excluding hydrogens is 240 g/mol. The van der Waals surface area contributed by atoms with E-state index in [9.17, 15) is 4.79 Å². The Morgan fingerprint density at radius 3 is 2.58 bits per heavy atom. The van der Waals surface area contributed by atoms with Crippen molar-refractivity contribution in [3.05, 3.63) is 11.6 Å². The van der Waals surface area contributed by atoms with Crippen LogP contribution in [0.2, 0.25) is 0 Å². The Hall–Kier alpha value is -0.670. The summed E-state index contributed by atoms with van der Waals surface area (Å²) in [5.74, 6) is 0. The van der Waals surface area contributed by atoms with Gasteiger partial charge in [-0.1, -0.05) is 24.5 Å². The van der Waals surface area contributed by atoms with Crippen molar-refractivity contribution in [2.45, 2.75) is 84.2 Å². The molecule has 0 bridgehead atoms. The van der Waals surface area contributed by atoms with Crippen molar-refractivity contribution < 1.29 is 14.3 Å². The lowest BCUT2D eigenvalue weighted by Gasteiger charge is -2.33. The predicted molar refractivity (Wildman–Crippen MR) is 77.0 cm³/mol. The van der Waals surface area contributed by atoms with Crippen molar-refractivity contribution >= 4 is 6.29 Å². The zero-order chi connectivity index (χ0) is 14.1. The standard InChI is InChI=1S/C16H28O3/c1-13(2)8-6-4-5-7-9-15-12-16(10-11-17)19-14(3)18-15/h8,11,14-16H,4-7,9-10,12H2,1-3H3/t14-,15-,16+/m0/s1. The third-order valence-corrected chi connectivity index (χ3v) is 3.44. The molecule has 1 saturated heterocycles. The van der Waals surface area contributed by atoms with Crippen LogP contribution in [-0.2, 0) is 14.3 Å². The summed E-state index contributed by atoms with van der Waals surface area (Å²) in [5.41, 5.74) is 1.40. The maximum atomic E-state index is 10.5. The van der Waals surface area contributed by atoms with Gasteiger partial charge in [0.05, 0.1) is 12.2 Å². The molecule has 0 aromatic heterocycles. The van der Waals surface area contributed by atoms with Gasteiger partial charge in [-0.05, 0) is 40.0 Å². The number of aldehydes is 1. The van der Waals surface area contributed by atoms with E-state index in [0.29, 0.717) is 6.42 Å². The lowest BCUT2D eigenvalue weighted by Crippen LogP contribution is -2.36. The van der Waals surface area contributed by atoms with Crippen LogP contribution in [0.4, 0.5) is 0 Å². The number of unbranched alkanes of at least 4 members (excludes halogenated alkanes) is 3. The summed E-state index contributed by atoms with van der Waals surface area (Å²) in [7, 11) is 0. The van der Waals surface area contributed by atoms with Crippen LogP contribution in [0, 0.1) is 0 Å². The van der Waals surface area contributed by atoms with E-state index in [1.807, 2.05) is 6.92 Å². The fourth-order valence-electron chi connectivity index (χ4n) is 2.51. The Morgan fingerprint density at radius 1 is 1.16 bits per heavy atom. The van der Waals surface area contributed by atoms with Gasteiger partial charge in [-0.2, -0.15) is 0 Å².